The van der Waals surface area contributed by atoms with E-state index in [4.69, 9.17) is 5.26 Å². The molecule has 0 heterocycles. The maximum absolute atomic E-state index is 10.1. The molecule has 1 N–H and O–H groups in total. The number of hydrogen-bond acceptors (Lipinski definition) is 4. The summed E-state index contributed by atoms with van der Waals surface area (Å²) in [7, 11) is 1.71. The number of benzene rings is 1. The first kappa shape index (κ1) is 9.07. The fourth-order valence-electron chi connectivity index (χ4n) is 0.948. The van der Waals surface area contributed by atoms with Gasteiger partial charge in [-0.25, -0.2) is 0 Å². The fraction of sp³-hybridized carbons (Fsp3) is 0.111. The second-order valence-corrected chi connectivity index (χ2v) is 2.29. The molecule has 0 saturated carbocycles. The number of anilines is 1. The van der Waals surface area contributed by atoms with Gasteiger partial charge in [0.2, 0.25) is 0 Å². The van der Waals surface area contributed by atoms with Gasteiger partial charge in [0.1, 0.15) is 0 Å². The number of hydrogen-bond donors (Lipinski definition) is 1. The highest BCUT2D eigenvalue weighted by Gasteiger charge is 2.02. The Kier molecular flexibility index (Phi) is 2.87. The summed E-state index contributed by atoms with van der Waals surface area (Å²) in [5.41, 5.74) is 1.13. The van der Waals surface area contributed by atoms with Crippen LogP contribution in [-0.2, 0) is 4.79 Å². The first-order valence-electron chi connectivity index (χ1n) is 3.64. The van der Waals surface area contributed by atoms with Crippen molar-refractivity contribution in [3.05, 3.63) is 23.8 Å². The number of carbonyl (C=O) groups excluding carboxylic acids is 1. The van der Waals surface area contributed by atoms with Crippen LogP contribution in [0.5, 0.6) is 5.75 Å². The lowest BCUT2D eigenvalue weighted by atomic mass is 10.2. The van der Waals surface area contributed by atoms with E-state index in [2.05, 4.69) is 10.1 Å². The van der Waals surface area contributed by atoms with Crippen LogP contribution in [0.25, 0.3) is 0 Å². The van der Waals surface area contributed by atoms with Gasteiger partial charge in [0.15, 0.2) is 5.75 Å². The molecule has 0 spiro atoms. The Balaban J connectivity index is 3.11. The van der Waals surface area contributed by atoms with E-state index in [-0.39, 0.29) is 0 Å². The van der Waals surface area contributed by atoms with Crippen molar-refractivity contribution in [1.29, 1.82) is 5.26 Å². The number of rotatable bonds is 3. The number of carbonyl (C=O) groups is 1. The molecule has 0 aromatic heterocycles. The van der Waals surface area contributed by atoms with Crippen LogP contribution in [0, 0.1) is 11.3 Å². The number of nitrogens with zero attached hydrogens (tertiary/aromatic N) is 1. The molecule has 4 nitrogen and oxygen atoms in total. The van der Waals surface area contributed by atoms with Gasteiger partial charge < -0.3 is 10.1 Å². The standard InChI is InChI=1S/C9H8N2O2/c1-11-8-3-2-7(5-10)4-9(8)13-6-12/h2-4,6,11H,1H3. The lowest BCUT2D eigenvalue weighted by molar-refractivity contribution is -0.120. The minimum Gasteiger partial charge on any atom is -0.426 e. The SMILES string of the molecule is CNc1ccc(C#N)cc1OC=O. The maximum atomic E-state index is 10.1. The van der Waals surface area contributed by atoms with Crippen molar-refractivity contribution in [3.63, 3.8) is 0 Å². The highest BCUT2D eigenvalue weighted by atomic mass is 16.5. The minimum absolute atomic E-state index is 0.331. The van der Waals surface area contributed by atoms with Gasteiger partial charge in [-0.2, -0.15) is 5.26 Å². The predicted octanol–water partition coefficient (Wildman–Crippen LogP) is 1.14. The molecular weight excluding hydrogens is 168 g/mol. The van der Waals surface area contributed by atoms with E-state index in [0.29, 0.717) is 23.5 Å². The molecule has 1 rings (SSSR count). The summed E-state index contributed by atoms with van der Waals surface area (Å²) >= 11 is 0. The quantitative estimate of drug-likeness (QED) is 0.701. The average Bonchev–Trinajstić information content (AvgIpc) is 2.18. The van der Waals surface area contributed by atoms with Crippen molar-refractivity contribution < 1.29 is 9.53 Å². The molecule has 4 heteroatoms. The topological polar surface area (TPSA) is 62.1 Å². The van der Waals surface area contributed by atoms with Crippen LogP contribution in [0.15, 0.2) is 18.2 Å². The van der Waals surface area contributed by atoms with Crippen LogP contribution >= 0.6 is 0 Å². The summed E-state index contributed by atoms with van der Waals surface area (Å²) in [6.07, 6.45) is 0. The van der Waals surface area contributed by atoms with Crippen molar-refractivity contribution in [2.45, 2.75) is 0 Å². The van der Waals surface area contributed by atoms with E-state index in [0.717, 1.165) is 0 Å². The smallest absolute Gasteiger partial charge is 0.298 e. The Morgan fingerprint density at radius 1 is 1.62 bits per heavy atom. The van der Waals surface area contributed by atoms with E-state index >= 15 is 0 Å². The molecule has 0 radical (unpaired) electrons. The van der Waals surface area contributed by atoms with Crippen LogP contribution in [0.2, 0.25) is 0 Å². The zero-order valence-corrected chi connectivity index (χ0v) is 7.07. The summed E-state index contributed by atoms with van der Waals surface area (Å²) in [4.78, 5) is 10.1. The predicted molar refractivity (Wildman–Crippen MR) is 47.4 cm³/mol. The van der Waals surface area contributed by atoms with Gasteiger partial charge in [-0.1, -0.05) is 0 Å². The van der Waals surface area contributed by atoms with Gasteiger partial charge in [0, 0.05) is 13.1 Å². The lowest BCUT2D eigenvalue weighted by Gasteiger charge is -2.05. The molecule has 13 heavy (non-hydrogen) atoms. The van der Waals surface area contributed by atoms with Gasteiger partial charge in [-0.3, -0.25) is 4.79 Å². The Labute approximate surface area is 75.7 Å². The maximum Gasteiger partial charge on any atom is 0.298 e. The Hall–Kier alpha value is -2.02. The second-order valence-electron chi connectivity index (χ2n) is 2.29. The molecule has 1 aromatic rings. The van der Waals surface area contributed by atoms with Crippen molar-refractivity contribution >= 4 is 12.2 Å². The van der Waals surface area contributed by atoms with Crippen LogP contribution in [-0.4, -0.2) is 13.5 Å². The molecule has 66 valence electrons. The van der Waals surface area contributed by atoms with Gasteiger partial charge in [-0.15, -0.1) is 0 Å². The molecular formula is C9H8N2O2. The molecule has 0 aliphatic heterocycles. The first-order valence-corrected chi connectivity index (χ1v) is 3.64. The zero-order valence-electron chi connectivity index (χ0n) is 7.07. The van der Waals surface area contributed by atoms with Crippen molar-refractivity contribution in [2.24, 2.45) is 0 Å². The monoisotopic (exact) mass is 176 g/mol. The summed E-state index contributed by atoms with van der Waals surface area (Å²) in [5.74, 6) is 0.358. The van der Waals surface area contributed by atoms with Crippen LogP contribution < -0.4 is 10.1 Å². The normalized spacial score (nSPS) is 8.62. The molecule has 1 aromatic carbocycles. The second kappa shape index (κ2) is 4.12. The summed E-state index contributed by atoms with van der Waals surface area (Å²) < 4.78 is 4.68. The Morgan fingerprint density at radius 2 is 2.38 bits per heavy atom. The highest BCUT2D eigenvalue weighted by molar-refractivity contribution is 5.62. The molecule has 0 aliphatic rings. The lowest BCUT2D eigenvalue weighted by Crippen LogP contribution is -1.96. The van der Waals surface area contributed by atoms with E-state index in [1.807, 2.05) is 6.07 Å². The van der Waals surface area contributed by atoms with E-state index in [1.54, 1.807) is 19.2 Å². The third-order valence-electron chi connectivity index (χ3n) is 1.56. The number of ether oxygens (including phenoxy) is 1. The summed E-state index contributed by atoms with van der Waals surface area (Å²) in [5, 5.41) is 11.4. The molecule has 0 fully saturated rings. The van der Waals surface area contributed by atoms with Gasteiger partial charge >= 0.3 is 0 Å². The molecule has 0 saturated heterocycles. The van der Waals surface area contributed by atoms with Crippen LogP contribution in [0.3, 0.4) is 0 Å². The van der Waals surface area contributed by atoms with Crippen molar-refractivity contribution in [3.8, 4) is 11.8 Å². The largest absolute Gasteiger partial charge is 0.426 e. The molecule has 0 bridgehead atoms. The van der Waals surface area contributed by atoms with Crippen LogP contribution in [0.1, 0.15) is 5.56 Å². The number of nitrogens with one attached hydrogen (secondary N) is 1. The van der Waals surface area contributed by atoms with Crippen molar-refractivity contribution in [1.82, 2.24) is 0 Å². The Morgan fingerprint density at radius 3 is 2.92 bits per heavy atom. The van der Waals surface area contributed by atoms with Crippen LogP contribution in [0.4, 0.5) is 5.69 Å². The molecule has 0 amide bonds. The first-order chi connectivity index (χ1) is 6.31. The van der Waals surface area contributed by atoms with Gasteiger partial charge in [0.25, 0.3) is 6.47 Å². The minimum atomic E-state index is 0.331. The van der Waals surface area contributed by atoms with Crippen molar-refractivity contribution in [2.75, 3.05) is 12.4 Å². The zero-order chi connectivity index (χ0) is 9.68. The average molecular weight is 176 g/mol. The summed E-state index contributed by atoms with van der Waals surface area (Å²) in [6, 6.07) is 6.77. The number of nitriles is 1. The van der Waals surface area contributed by atoms with E-state index in [1.165, 1.54) is 6.07 Å². The Bertz CT molecular complexity index is 355. The third-order valence-corrected chi connectivity index (χ3v) is 1.56. The molecule has 0 aliphatic carbocycles. The van der Waals surface area contributed by atoms with E-state index < -0.39 is 0 Å². The molecule has 0 unspecified atom stereocenters. The fourth-order valence-corrected chi connectivity index (χ4v) is 0.948. The molecule has 0 atom stereocenters. The van der Waals surface area contributed by atoms with Gasteiger partial charge in [0.05, 0.1) is 17.3 Å². The highest BCUT2D eigenvalue weighted by Crippen LogP contribution is 2.24. The van der Waals surface area contributed by atoms with E-state index in [9.17, 15) is 4.79 Å². The summed E-state index contributed by atoms with van der Waals surface area (Å²) in [6.45, 7) is 0.331. The van der Waals surface area contributed by atoms with Gasteiger partial charge in [-0.05, 0) is 12.1 Å². The third kappa shape index (κ3) is 1.97.